The summed E-state index contributed by atoms with van der Waals surface area (Å²) in [6.45, 7) is 2.22. The number of hydrogen-bond donors (Lipinski definition) is 1. The van der Waals surface area contributed by atoms with Gasteiger partial charge in [-0.3, -0.25) is 0 Å². The Balaban J connectivity index is 1.82. The van der Waals surface area contributed by atoms with Crippen molar-refractivity contribution in [3.63, 3.8) is 0 Å². The smallest absolute Gasteiger partial charge is 0.126 e. The number of benzene rings is 1. The minimum atomic E-state index is -0.0217. The van der Waals surface area contributed by atoms with Gasteiger partial charge >= 0.3 is 0 Å². The van der Waals surface area contributed by atoms with Gasteiger partial charge in [0.05, 0.1) is 0 Å². The average Bonchev–Trinajstić information content (AvgIpc) is 2.23. The van der Waals surface area contributed by atoms with Gasteiger partial charge in [0.1, 0.15) is 5.82 Å². The Bertz CT molecular complexity index is 363. The zero-order valence-electron chi connectivity index (χ0n) is 8.75. The molecule has 0 radical (unpaired) electrons. The molecule has 80 valence electrons. The molecular formula is C13H16FN. The molecule has 0 aromatic heterocycles. The lowest BCUT2D eigenvalue weighted by Crippen LogP contribution is -2.47. The standard InChI is InChI=1S/C13H16FN/c14-13-4-2-1-3-10(13)11-7-9-5-6-15-8-12(9)11/h1-4,9,11-12,15H,5-8H2/t9-,11+,12-/m0/s1. The van der Waals surface area contributed by atoms with Gasteiger partial charge in [0.25, 0.3) is 0 Å². The van der Waals surface area contributed by atoms with Crippen LogP contribution in [-0.2, 0) is 0 Å². The average molecular weight is 205 g/mol. The summed E-state index contributed by atoms with van der Waals surface area (Å²) in [6.07, 6.45) is 2.46. The Kier molecular flexibility index (Phi) is 2.24. The summed E-state index contributed by atoms with van der Waals surface area (Å²) in [7, 11) is 0. The van der Waals surface area contributed by atoms with Crippen LogP contribution in [0.15, 0.2) is 24.3 Å². The van der Waals surface area contributed by atoms with Crippen molar-refractivity contribution >= 4 is 0 Å². The number of piperidine rings is 1. The highest BCUT2D eigenvalue weighted by atomic mass is 19.1. The second-order valence-corrected chi connectivity index (χ2v) is 4.78. The van der Waals surface area contributed by atoms with E-state index in [9.17, 15) is 4.39 Å². The highest BCUT2D eigenvalue weighted by Gasteiger charge is 2.43. The van der Waals surface area contributed by atoms with Crippen molar-refractivity contribution < 1.29 is 4.39 Å². The second kappa shape index (κ2) is 3.60. The molecule has 1 saturated carbocycles. The molecule has 3 rings (SSSR count). The third-order valence-corrected chi connectivity index (χ3v) is 4.06. The fourth-order valence-electron chi connectivity index (χ4n) is 3.14. The minimum Gasteiger partial charge on any atom is -0.316 e. The molecule has 0 unspecified atom stereocenters. The molecule has 2 heteroatoms. The molecule has 15 heavy (non-hydrogen) atoms. The van der Waals surface area contributed by atoms with Crippen LogP contribution in [0.3, 0.4) is 0 Å². The first-order valence-electron chi connectivity index (χ1n) is 5.81. The summed E-state index contributed by atoms with van der Waals surface area (Å²) >= 11 is 0. The van der Waals surface area contributed by atoms with E-state index in [4.69, 9.17) is 0 Å². The van der Waals surface area contributed by atoms with Gasteiger partial charge in [0, 0.05) is 0 Å². The van der Waals surface area contributed by atoms with Crippen LogP contribution < -0.4 is 5.32 Å². The van der Waals surface area contributed by atoms with Gasteiger partial charge in [0.15, 0.2) is 0 Å². The maximum Gasteiger partial charge on any atom is 0.126 e. The van der Waals surface area contributed by atoms with Gasteiger partial charge < -0.3 is 5.32 Å². The molecule has 1 N–H and O–H groups in total. The van der Waals surface area contributed by atoms with Crippen LogP contribution in [0.5, 0.6) is 0 Å². The summed E-state index contributed by atoms with van der Waals surface area (Å²) in [4.78, 5) is 0. The topological polar surface area (TPSA) is 12.0 Å². The normalized spacial score (nSPS) is 34.3. The zero-order chi connectivity index (χ0) is 10.3. The van der Waals surface area contributed by atoms with Crippen LogP contribution in [0.25, 0.3) is 0 Å². The van der Waals surface area contributed by atoms with Crippen LogP contribution in [0.4, 0.5) is 4.39 Å². The molecule has 1 aliphatic heterocycles. The zero-order valence-corrected chi connectivity index (χ0v) is 8.75. The highest BCUT2D eigenvalue weighted by Crippen LogP contribution is 2.50. The van der Waals surface area contributed by atoms with Crippen molar-refractivity contribution in [3.05, 3.63) is 35.6 Å². The first kappa shape index (κ1) is 9.34. The Morgan fingerprint density at radius 1 is 1.27 bits per heavy atom. The van der Waals surface area contributed by atoms with Gasteiger partial charge in [-0.2, -0.15) is 0 Å². The molecule has 3 atom stereocenters. The largest absolute Gasteiger partial charge is 0.316 e. The molecule has 1 aromatic rings. The van der Waals surface area contributed by atoms with Gasteiger partial charge in [-0.25, -0.2) is 4.39 Å². The fraction of sp³-hybridized carbons (Fsp3) is 0.538. The van der Waals surface area contributed by atoms with Gasteiger partial charge in [0.2, 0.25) is 0 Å². The maximum absolute atomic E-state index is 13.6. The predicted octanol–water partition coefficient (Wildman–Crippen LogP) is 2.54. The van der Waals surface area contributed by atoms with E-state index >= 15 is 0 Å². The summed E-state index contributed by atoms with van der Waals surface area (Å²) < 4.78 is 13.6. The predicted molar refractivity (Wildman–Crippen MR) is 58.2 cm³/mol. The third kappa shape index (κ3) is 1.48. The molecule has 0 bridgehead atoms. The summed E-state index contributed by atoms with van der Waals surface area (Å²) in [6, 6.07) is 7.25. The lowest BCUT2D eigenvalue weighted by atomic mass is 9.60. The molecule has 1 nitrogen and oxygen atoms in total. The summed E-state index contributed by atoms with van der Waals surface area (Å²) in [5.41, 5.74) is 0.933. The first-order valence-corrected chi connectivity index (χ1v) is 5.81. The van der Waals surface area contributed by atoms with E-state index < -0.39 is 0 Å². The Hall–Kier alpha value is -0.890. The number of nitrogens with one attached hydrogen (secondary N) is 1. The molecule has 1 heterocycles. The van der Waals surface area contributed by atoms with Crippen molar-refractivity contribution in [3.8, 4) is 0 Å². The molecule has 1 aliphatic carbocycles. The Labute approximate surface area is 89.7 Å². The number of halogens is 1. The first-order chi connectivity index (χ1) is 7.36. The lowest BCUT2D eigenvalue weighted by molar-refractivity contribution is 0.0912. The molecule has 2 fully saturated rings. The molecular weight excluding hydrogens is 189 g/mol. The minimum absolute atomic E-state index is 0.0217. The summed E-state index contributed by atoms with van der Waals surface area (Å²) in [5, 5.41) is 3.41. The van der Waals surface area contributed by atoms with E-state index in [1.807, 2.05) is 12.1 Å². The quantitative estimate of drug-likeness (QED) is 0.743. The van der Waals surface area contributed by atoms with Gasteiger partial charge in [-0.15, -0.1) is 0 Å². The number of hydrogen-bond acceptors (Lipinski definition) is 1. The van der Waals surface area contributed by atoms with Crippen molar-refractivity contribution in [1.82, 2.24) is 5.32 Å². The van der Waals surface area contributed by atoms with Crippen LogP contribution in [-0.4, -0.2) is 13.1 Å². The summed E-state index contributed by atoms with van der Waals surface area (Å²) in [5.74, 6) is 1.96. The van der Waals surface area contributed by atoms with E-state index in [2.05, 4.69) is 5.32 Å². The van der Waals surface area contributed by atoms with E-state index in [-0.39, 0.29) is 5.82 Å². The van der Waals surface area contributed by atoms with Crippen LogP contribution in [0.2, 0.25) is 0 Å². The van der Waals surface area contributed by atoms with E-state index in [0.717, 1.165) is 24.6 Å². The van der Waals surface area contributed by atoms with Gasteiger partial charge in [-0.1, -0.05) is 18.2 Å². The van der Waals surface area contributed by atoms with E-state index in [1.54, 1.807) is 12.1 Å². The lowest BCUT2D eigenvalue weighted by Gasteiger charge is -2.48. The number of fused-ring (bicyclic) bond motifs is 1. The van der Waals surface area contributed by atoms with Crippen LogP contribution >= 0.6 is 0 Å². The van der Waals surface area contributed by atoms with E-state index in [0.29, 0.717) is 11.8 Å². The van der Waals surface area contributed by atoms with E-state index in [1.165, 1.54) is 12.8 Å². The van der Waals surface area contributed by atoms with Crippen molar-refractivity contribution in [2.45, 2.75) is 18.8 Å². The third-order valence-electron chi connectivity index (χ3n) is 4.06. The van der Waals surface area contributed by atoms with Gasteiger partial charge in [-0.05, 0) is 55.3 Å². The molecule has 1 aromatic carbocycles. The Morgan fingerprint density at radius 2 is 2.13 bits per heavy atom. The molecule has 2 aliphatic rings. The van der Waals surface area contributed by atoms with Crippen molar-refractivity contribution in [2.75, 3.05) is 13.1 Å². The van der Waals surface area contributed by atoms with Crippen molar-refractivity contribution in [2.24, 2.45) is 11.8 Å². The highest BCUT2D eigenvalue weighted by molar-refractivity contribution is 5.26. The number of rotatable bonds is 1. The molecule has 1 saturated heterocycles. The molecule has 0 amide bonds. The SMILES string of the molecule is Fc1ccccc1[C@H]1C[C@@H]2CCNC[C@@H]21. The second-order valence-electron chi connectivity index (χ2n) is 4.78. The van der Waals surface area contributed by atoms with Crippen LogP contribution in [0.1, 0.15) is 24.3 Å². The molecule has 0 spiro atoms. The maximum atomic E-state index is 13.6. The fourth-order valence-corrected chi connectivity index (χ4v) is 3.14. The van der Waals surface area contributed by atoms with Crippen molar-refractivity contribution in [1.29, 1.82) is 0 Å². The van der Waals surface area contributed by atoms with Crippen LogP contribution in [0, 0.1) is 17.7 Å². The monoisotopic (exact) mass is 205 g/mol. The Morgan fingerprint density at radius 3 is 2.93 bits per heavy atom.